The molecule has 0 radical (unpaired) electrons. The highest BCUT2D eigenvalue weighted by atomic mass is 19.4. The van der Waals surface area contributed by atoms with Crippen LogP contribution in [0.2, 0.25) is 0 Å². The number of rotatable bonds is 1. The summed E-state index contributed by atoms with van der Waals surface area (Å²) >= 11 is 0. The Morgan fingerprint density at radius 1 is 1.25 bits per heavy atom. The van der Waals surface area contributed by atoms with Gasteiger partial charge in [0.1, 0.15) is 11.9 Å². The predicted molar refractivity (Wildman–Crippen MR) is 80.5 cm³/mol. The van der Waals surface area contributed by atoms with E-state index in [-0.39, 0.29) is 17.1 Å². The van der Waals surface area contributed by atoms with Crippen LogP contribution in [-0.2, 0) is 11.0 Å². The van der Waals surface area contributed by atoms with E-state index in [4.69, 9.17) is 0 Å². The molecule has 130 valence electrons. The van der Waals surface area contributed by atoms with Crippen molar-refractivity contribution in [3.05, 3.63) is 22.9 Å². The summed E-state index contributed by atoms with van der Waals surface area (Å²) in [6.07, 6.45) is -3.14. The van der Waals surface area contributed by atoms with Crippen LogP contribution in [0.4, 0.5) is 23.8 Å². The van der Waals surface area contributed by atoms with Gasteiger partial charge in [-0.05, 0) is 44.2 Å². The fraction of sp³-hybridized carbons (Fsp3) is 0.562. The molecule has 2 fully saturated rings. The molecule has 5 nitrogen and oxygen atoms in total. The highest BCUT2D eigenvalue weighted by Gasteiger charge is 2.49. The number of pyridine rings is 1. The van der Waals surface area contributed by atoms with E-state index >= 15 is 0 Å². The van der Waals surface area contributed by atoms with Crippen LogP contribution in [0, 0.1) is 19.8 Å². The second kappa shape index (κ2) is 5.46. The van der Waals surface area contributed by atoms with Gasteiger partial charge in [-0.25, -0.2) is 14.7 Å². The third-order valence-electron chi connectivity index (χ3n) is 4.70. The van der Waals surface area contributed by atoms with Gasteiger partial charge in [-0.15, -0.1) is 0 Å². The summed E-state index contributed by atoms with van der Waals surface area (Å²) < 4.78 is 38.9. The van der Waals surface area contributed by atoms with Crippen LogP contribution in [0.25, 0.3) is 0 Å². The molecule has 2 aliphatic heterocycles. The highest BCUT2D eigenvalue weighted by molar-refractivity contribution is 6.21. The normalized spacial score (nSPS) is 24.6. The van der Waals surface area contributed by atoms with Gasteiger partial charge < -0.3 is 4.90 Å². The van der Waals surface area contributed by atoms with Crippen molar-refractivity contribution >= 4 is 17.8 Å². The molecule has 0 aliphatic carbocycles. The Bertz CT molecular complexity index is 717. The van der Waals surface area contributed by atoms with E-state index in [1.807, 2.05) is 6.92 Å². The first-order chi connectivity index (χ1) is 11.1. The number of carbonyl (C=O) groups excluding carboxylic acids is 2. The van der Waals surface area contributed by atoms with Crippen LogP contribution in [-0.4, -0.2) is 34.4 Å². The Morgan fingerprint density at radius 3 is 2.54 bits per heavy atom. The van der Waals surface area contributed by atoms with Gasteiger partial charge in [0.2, 0.25) is 0 Å². The monoisotopic (exact) mass is 341 g/mol. The van der Waals surface area contributed by atoms with Crippen molar-refractivity contribution in [2.45, 2.75) is 45.8 Å². The highest BCUT2D eigenvalue weighted by Crippen LogP contribution is 2.37. The van der Waals surface area contributed by atoms with E-state index in [0.717, 1.165) is 17.4 Å². The van der Waals surface area contributed by atoms with E-state index in [1.165, 1.54) is 18.7 Å². The van der Waals surface area contributed by atoms with Gasteiger partial charge in [0, 0.05) is 6.54 Å². The number of amides is 3. The fourth-order valence-electron chi connectivity index (χ4n) is 3.38. The number of hydrogen-bond donors (Lipinski definition) is 0. The molecule has 24 heavy (non-hydrogen) atoms. The van der Waals surface area contributed by atoms with Crippen molar-refractivity contribution in [3.8, 4) is 0 Å². The molecule has 0 N–H and O–H groups in total. The molecule has 0 bridgehead atoms. The Balaban J connectivity index is 2.02. The number of imide groups is 1. The lowest BCUT2D eigenvalue weighted by Crippen LogP contribution is -2.41. The molecule has 2 unspecified atom stereocenters. The summed E-state index contributed by atoms with van der Waals surface area (Å²) in [5, 5.41) is 0. The number of halogens is 3. The average Bonchev–Trinajstić information content (AvgIpc) is 2.71. The molecule has 1 aromatic rings. The van der Waals surface area contributed by atoms with Crippen LogP contribution < -0.4 is 4.90 Å². The Labute approximate surface area is 137 Å². The second-order valence-corrected chi connectivity index (χ2v) is 6.55. The van der Waals surface area contributed by atoms with Gasteiger partial charge in [0.15, 0.2) is 0 Å². The van der Waals surface area contributed by atoms with Gasteiger partial charge in [0.25, 0.3) is 5.91 Å². The van der Waals surface area contributed by atoms with Crippen LogP contribution in [0.1, 0.15) is 36.6 Å². The molecule has 0 saturated carbocycles. The molecule has 0 spiro atoms. The van der Waals surface area contributed by atoms with Crippen molar-refractivity contribution in [3.63, 3.8) is 0 Å². The number of nitrogens with zero attached hydrogens (tertiary/aromatic N) is 3. The maximum atomic E-state index is 13.0. The Kier molecular flexibility index (Phi) is 3.80. The van der Waals surface area contributed by atoms with Crippen LogP contribution in [0.5, 0.6) is 0 Å². The van der Waals surface area contributed by atoms with Gasteiger partial charge in [-0.2, -0.15) is 13.2 Å². The molecule has 1 aromatic heterocycles. The zero-order valence-corrected chi connectivity index (χ0v) is 13.6. The van der Waals surface area contributed by atoms with Crippen molar-refractivity contribution in [2.24, 2.45) is 5.92 Å². The number of aryl methyl sites for hydroxylation is 2. The van der Waals surface area contributed by atoms with Crippen molar-refractivity contribution < 1.29 is 22.8 Å². The third-order valence-corrected chi connectivity index (χ3v) is 4.70. The quantitative estimate of drug-likeness (QED) is 0.737. The maximum Gasteiger partial charge on any atom is 0.418 e. The van der Waals surface area contributed by atoms with Crippen molar-refractivity contribution in [1.82, 2.24) is 9.88 Å². The summed E-state index contributed by atoms with van der Waals surface area (Å²) in [5.74, 6) is -0.0785. The lowest BCUT2D eigenvalue weighted by molar-refractivity contribution is -0.138. The zero-order valence-electron chi connectivity index (χ0n) is 13.6. The number of piperidine rings is 1. The van der Waals surface area contributed by atoms with Gasteiger partial charge in [0.05, 0.1) is 11.3 Å². The minimum atomic E-state index is -4.52. The summed E-state index contributed by atoms with van der Waals surface area (Å²) in [4.78, 5) is 31.6. The zero-order chi connectivity index (χ0) is 17.8. The molecule has 8 heteroatoms. The summed E-state index contributed by atoms with van der Waals surface area (Å²) in [7, 11) is 0. The number of hydrogen-bond acceptors (Lipinski definition) is 3. The SMILES string of the molecule is Cc1cc(C(F)(F)F)c(C)nc1N1C(=O)C2CC(C)CCN2C1=O. The smallest absolute Gasteiger partial charge is 0.312 e. The number of anilines is 1. The Morgan fingerprint density at radius 2 is 1.92 bits per heavy atom. The first kappa shape index (κ1) is 16.7. The number of fused-ring (bicyclic) bond motifs is 1. The Hall–Kier alpha value is -2.12. The molecule has 3 amide bonds. The van der Waals surface area contributed by atoms with Gasteiger partial charge >= 0.3 is 12.2 Å². The first-order valence-electron chi connectivity index (χ1n) is 7.81. The molecule has 2 aliphatic rings. The van der Waals surface area contributed by atoms with E-state index in [2.05, 4.69) is 4.98 Å². The van der Waals surface area contributed by atoms with Crippen LogP contribution >= 0.6 is 0 Å². The number of urea groups is 1. The number of carbonyl (C=O) groups is 2. The average molecular weight is 341 g/mol. The van der Waals surface area contributed by atoms with Gasteiger partial charge in [-0.1, -0.05) is 6.92 Å². The summed E-state index contributed by atoms with van der Waals surface area (Å²) in [6, 6.07) is -0.0882. The minimum Gasteiger partial charge on any atom is -0.312 e. The topological polar surface area (TPSA) is 53.5 Å². The molecule has 3 heterocycles. The molecule has 2 saturated heterocycles. The predicted octanol–water partition coefficient (Wildman–Crippen LogP) is 3.28. The largest absolute Gasteiger partial charge is 0.418 e. The third kappa shape index (κ3) is 2.53. The van der Waals surface area contributed by atoms with E-state index in [0.29, 0.717) is 18.9 Å². The van der Waals surface area contributed by atoms with E-state index in [1.54, 1.807) is 0 Å². The van der Waals surface area contributed by atoms with Gasteiger partial charge in [-0.3, -0.25) is 4.79 Å². The number of aromatic nitrogens is 1. The number of alkyl halides is 3. The summed E-state index contributed by atoms with van der Waals surface area (Å²) in [6.45, 7) is 5.15. The lowest BCUT2D eigenvalue weighted by atomic mass is 9.93. The summed E-state index contributed by atoms with van der Waals surface area (Å²) in [5.41, 5.74) is -0.946. The standard InChI is InChI=1S/C16H18F3N3O2/c1-8-4-5-21-12(6-8)14(23)22(15(21)24)13-9(2)7-11(10(3)20-13)16(17,18)19/h7-8,12H,4-6H2,1-3H3. The first-order valence-corrected chi connectivity index (χ1v) is 7.81. The van der Waals surface area contributed by atoms with E-state index in [9.17, 15) is 22.8 Å². The van der Waals surface area contributed by atoms with Crippen LogP contribution in [0.3, 0.4) is 0 Å². The van der Waals surface area contributed by atoms with Crippen molar-refractivity contribution in [2.75, 3.05) is 11.4 Å². The molecular weight excluding hydrogens is 323 g/mol. The lowest BCUT2D eigenvalue weighted by Gasteiger charge is -2.30. The molecular formula is C16H18F3N3O2. The van der Waals surface area contributed by atoms with Crippen LogP contribution in [0.15, 0.2) is 6.07 Å². The minimum absolute atomic E-state index is 0.00227. The van der Waals surface area contributed by atoms with E-state index < -0.39 is 29.7 Å². The maximum absolute atomic E-state index is 13.0. The fourth-order valence-corrected chi connectivity index (χ4v) is 3.38. The molecule has 2 atom stereocenters. The molecule has 3 rings (SSSR count). The second-order valence-electron chi connectivity index (χ2n) is 6.55. The van der Waals surface area contributed by atoms with Crippen molar-refractivity contribution in [1.29, 1.82) is 0 Å². The molecule has 0 aromatic carbocycles.